The van der Waals surface area contributed by atoms with Gasteiger partial charge in [-0.1, -0.05) is 0 Å². The fourth-order valence-electron chi connectivity index (χ4n) is 3.35. The Morgan fingerprint density at radius 2 is 1.78 bits per heavy atom. The van der Waals surface area contributed by atoms with Crippen LogP contribution in [0.3, 0.4) is 0 Å². The predicted octanol–water partition coefficient (Wildman–Crippen LogP) is 3.25. The van der Waals surface area contributed by atoms with Crippen molar-refractivity contribution in [3.05, 3.63) is 59.2 Å². The van der Waals surface area contributed by atoms with Crippen LogP contribution in [0.4, 0.5) is 18.9 Å². The molecule has 2 heterocycles. The first-order valence-corrected chi connectivity index (χ1v) is 8.58. The zero-order valence-electron chi connectivity index (χ0n) is 14.6. The van der Waals surface area contributed by atoms with Gasteiger partial charge in [-0.15, -0.1) is 0 Å². The number of anilines is 1. The normalized spacial score (nSPS) is 14.8. The molecule has 1 aromatic heterocycles. The number of aryl methyl sites for hydroxylation is 1. The molecule has 5 nitrogen and oxygen atoms in total. The van der Waals surface area contributed by atoms with Crippen LogP contribution >= 0.6 is 0 Å². The van der Waals surface area contributed by atoms with Crippen molar-refractivity contribution in [1.82, 2.24) is 14.9 Å². The molecule has 1 fully saturated rings. The maximum atomic E-state index is 13.9. The minimum atomic E-state index is -1.62. The van der Waals surface area contributed by atoms with E-state index in [0.29, 0.717) is 26.2 Å². The Morgan fingerprint density at radius 1 is 1.04 bits per heavy atom. The minimum absolute atomic E-state index is 0.358. The van der Waals surface area contributed by atoms with E-state index in [2.05, 4.69) is 14.9 Å². The van der Waals surface area contributed by atoms with Gasteiger partial charge in [-0.05, 0) is 37.3 Å². The number of hydrogen-bond donors (Lipinski definition) is 1. The van der Waals surface area contributed by atoms with Crippen LogP contribution in [0, 0.1) is 24.4 Å². The van der Waals surface area contributed by atoms with Crippen molar-refractivity contribution in [3.8, 4) is 0 Å². The summed E-state index contributed by atoms with van der Waals surface area (Å²) >= 11 is 0. The average Bonchev–Trinajstić information content (AvgIpc) is 3.05. The molecule has 4 rings (SSSR count). The summed E-state index contributed by atoms with van der Waals surface area (Å²) in [5.41, 5.74) is 2.38. The Labute approximate surface area is 153 Å². The van der Waals surface area contributed by atoms with Crippen LogP contribution in [0.1, 0.15) is 16.2 Å². The number of fused-ring (bicyclic) bond motifs is 1. The number of aromatic amines is 1. The van der Waals surface area contributed by atoms with Crippen LogP contribution in [0.15, 0.2) is 30.3 Å². The van der Waals surface area contributed by atoms with Gasteiger partial charge in [-0.2, -0.15) is 0 Å². The van der Waals surface area contributed by atoms with Gasteiger partial charge in [0.25, 0.3) is 5.91 Å². The maximum Gasteiger partial charge on any atom is 0.257 e. The molecule has 1 aliphatic heterocycles. The smallest absolute Gasteiger partial charge is 0.257 e. The molecule has 0 spiro atoms. The van der Waals surface area contributed by atoms with Gasteiger partial charge in [0, 0.05) is 31.9 Å². The highest BCUT2D eigenvalue weighted by molar-refractivity contribution is 5.94. The Morgan fingerprint density at radius 3 is 2.52 bits per heavy atom. The molecule has 2 aromatic carbocycles. The predicted molar refractivity (Wildman–Crippen MR) is 95.3 cm³/mol. The number of amides is 1. The number of H-pyrrole nitrogens is 1. The molecule has 0 saturated carbocycles. The van der Waals surface area contributed by atoms with Gasteiger partial charge >= 0.3 is 0 Å². The molecule has 1 saturated heterocycles. The molecule has 0 unspecified atom stereocenters. The zero-order valence-corrected chi connectivity index (χ0v) is 14.6. The third kappa shape index (κ3) is 3.11. The van der Waals surface area contributed by atoms with E-state index in [0.717, 1.165) is 34.7 Å². The van der Waals surface area contributed by atoms with E-state index in [1.54, 1.807) is 0 Å². The Bertz CT molecular complexity index is 1030. The molecular weight excluding hydrogens is 357 g/mol. The second kappa shape index (κ2) is 6.61. The van der Waals surface area contributed by atoms with E-state index >= 15 is 0 Å². The Hall–Kier alpha value is -3.03. The quantitative estimate of drug-likeness (QED) is 0.701. The third-order valence-corrected chi connectivity index (χ3v) is 4.78. The van der Waals surface area contributed by atoms with E-state index in [1.165, 1.54) is 4.90 Å². The summed E-state index contributed by atoms with van der Waals surface area (Å²) in [7, 11) is 0. The number of nitrogens with zero attached hydrogens (tertiary/aromatic N) is 3. The van der Waals surface area contributed by atoms with E-state index < -0.39 is 28.9 Å². The van der Waals surface area contributed by atoms with Gasteiger partial charge in [0.15, 0.2) is 17.5 Å². The lowest BCUT2D eigenvalue weighted by Gasteiger charge is -2.36. The first kappa shape index (κ1) is 17.4. The zero-order chi connectivity index (χ0) is 19.1. The van der Waals surface area contributed by atoms with Crippen LogP contribution < -0.4 is 4.90 Å². The highest BCUT2D eigenvalue weighted by atomic mass is 19.2. The van der Waals surface area contributed by atoms with Gasteiger partial charge in [-0.25, -0.2) is 18.2 Å². The van der Waals surface area contributed by atoms with Crippen molar-refractivity contribution in [2.24, 2.45) is 0 Å². The first-order valence-electron chi connectivity index (χ1n) is 8.58. The minimum Gasteiger partial charge on any atom is -0.368 e. The van der Waals surface area contributed by atoms with Gasteiger partial charge in [0.2, 0.25) is 0 Å². The van der Waals surface area contributed by atoms with Crippen molar-refractivity contribution >= 4 is 22.6 Å². The summed E-state index contributed by atoms with van der Waals surface area (Å²) in [4.78, 5) is 23.6. The van der Waals surface area contributed by atoms with Crippen molar-refractivity contribution in [2.75, 3.05) is 31.1 Å². The summed E-state index contributed by atoms with van der Waals surface area (Å²) < 4.78 is 40.3. The molecule has 1 aliphatic rings. The van der Waals surface area contributed by atoms with Crippen LogP contribution in [-0.4, -0.2) is 47.0 Å². The topological polar surface area (TPSA) is 52.2 Å². The molecular formula is C19H17F3N4O. The van der Waals surface area contributed by atoms with E-state index in [4.69, 9.17) is 0 Å². The number of carbonyl (C=O) groups excluding carboxylic acids is 1. The number of rotatable bonds is 2. The number of imidazole rings is 1. The van der Waals surface area contributed by atoms with Gasteiger partial charge in [-0.3, -0.25) is 4.79 Å². The number of nitrogens with one attached hydrogen (secondary N) is 1. The lowest BCUT2D eigenvalue weighted by atomic mass is 10.1. The van der Waals surface area contributed by atoms with Gasteiger partial charge in [0.1, 0.15) is 5.82 Å². The third-order valence-electron chi connectivity index (χ3n) is 4.78. The van der Waals surface area contributed by atoms with Crippen LogP contribution in [0.25, 0.3) is 11.0 Å². The van der Waals surface area contributed by atoms with Crippen LogP contribution in [0.2, 0.25) is 0 Å². The molecule has 1 amide bonds. The lowest BCUT2D eigenvalue weighted by Crippen LogP contribution is -2.49. The molecule has 0 aliphatic carbocycles. The number of hydrogen-bond acceptors (Lipinski definition) is 3. The monoisotopic (exact) mass is 374 g/mol. The van der Waals surface area contributed by atoms with E-state index in [9.17, 15) is 18.0 Å². The molecule has 0 radical (unpaired) electrons. The van der Waals surface area contributed by atoms with Gasteiger partial charge in [0.05, 0.1) is 16.6 Å². The largest absolute Gasteiger partial charge is 0.368 e. The summed E-state index contributed by atoms with van der Waals surface area (Å²) in [6.07, 6.45) is 0. The Kier molecular flexibility index (Phi) is 4.25. The summed E-state index contributed by atoms with van der Waals surface area (Å²) in [6, 6.07) is 7.65. The van der Waals surface area contributed by atoms with Crippen molar-refractivity contribution in [2.45, 2.75) is 6.92 Å². The standard InChI is InChI=1S/C19H17F3N4O/c1-11-23-15-5-2-12(10-16(15)24-11)25-6-8-26(9-7-25)19(27)13-3-4-14(20)18(22)17(13)21/h2-5,10H,6-9H2,1H3,(H,23,24). The van der Waals surface area contributed by atoms with Crippen molar-refractivity contribution in [1.29, 1.82) is 0 Å². The molecule has 0 atom stereocenters. The second-order valence-electron chi connectivity index (χ2n) is 6.53. The SMILES string of the molecule is Cc1nc2ccc(N3CCN(C(=O)c4ccc(F)c(F)c4F)CC3)cc2[nH]1. The molecule has 27 heavy (non-hydrogen) atoms. The number of piperazine rings is 1. The molecule has 1 N–H and O–H groups in total. The average molecular weight is 374 g/mol. The highest BCUT2D eigenvalue weighted by Crippen LogP contribution is 2.23. The van der Waals surface area contributed by atoms with Crippen molar-refractivity contribution < 1.29 is 18.0 Å². The number of benzene rings is 2. The fourth-order valence-corrected chi connectivity index (χ4v) is 3.35. The van der Waals surface area contributed by atoms with Crippen LogP contribution in [-0.2, 0) is 0 Å². The Balaban J connectivity index is 1.48. The number of halogens is 3. The van der Waals surface area contributed by atoms with E-state index in [-0.39, 0.29) is 0 Å². The number of aromatic nitrogens is 2. The lowest BCUT2D eigenvalue weighted by molar-refractivity contribution is 0.0740. The summed E-state index contributed by atoms with van der Waals surface area (Å²) in [5.74, 6) is -4.17. The number of carbonyl (C=O) groups is 1. The van der Waals surface area contributed by atoms with E-state index in [1.807, 2.05) is 25.1 Å². The summed E-state index contributed by atoms with van der Waals surface area (Å²) in [6.45, 7) is 3.71. The summed E-state index contributed by atoms with van der Waals surface area (Å²) in [5, 5.41) is 0. The molecule has 0 bridgehead atoms. The maximum absolute atomic E-state index is 13.9. The molecule has 3 aromatic rings. The van der Waals surface area contributed by atoms with Gasteiger partial charge < -0.3 is 14.8 Å². The molecule has 140 valence electrons. The first-order chi connectivity index (χ1) is 12.9. The van der Waals surface area contributed by atoms with Crippen molar-refractivity contribution in [3.63, 3.8) is 0 Å². The molecule has 8 heteroatoms. The second-order valence-corrected chi connectivity index (χ2v) is 6.53. The highest BCUT2D eigenvalue weighted by Gasteiger charge is 2.26. The fraction of sp³-hybridized carbons (Fsp3) is 0.263. The van der Waals surface area contributed by atoms with Crippen LogP contribution in [0.5, 0.6) is 0 Å².